The topological polar surface area (TPSA) is 79.7 Å². The molecule has 2 aromatic carbocycles. The SMILES string of the molecule is CC1(CC(=O)O)Oc2ccc(F)cc2N(c2nc3cc(Cl)c(Cl)cc3s2)C1=O. The normalized spacial score (nSPS) is 18.9. The zero-order valence-electron chi connectivity index (χ0n) is 14.2. The van der Waals surface area contributed by atoms with Gasteiger partial charge in [-0.05, 0) is 31.2 Å². The van der Waals surface area contributed by atoms with Gasteiger partial charge in [-0.25, -0.2) is 14.3 Å². The summed E-state index contributed by atoms with van der Waals surface area (Å²) in [6.45, 7) is 1.38. The third-order valence-electron chi connectivity index (χ3n) is 4.25. The number of aliphatic carboxylic acids is 1. The van der Waals surface area contributed by atoms with Crippen LogP contribution in [-0.2, 0) is 9.59 Å². The molecule has 0 spiro atoms. The number of fused-ring (bicyclic) bond motifs is 2. The summed E-state index contributed by atoms with van der Waals surface area (Å²) in [7, 11) is 0. The number of halogens is 3. The maximum atomic E-state index is 13.9. The molecule has 6 nitrogen and oxygen atoms in total. The summed E-state index contributed by atoms with van der Waals surface area (Å²) >= 11 is 13.2. The number of benzene rings is 2. The van der Waals surface area contributed by atoms with E-state index in [1.807, 2.05) is 0 Å². The summed E-state index contributed by atoms with van der Waals surface area (Å²) in [5, 5.41) is 10.1. The van der Waals surface area contributed by atoms with Gasteiger partial charge < -0.3 is 9.84 Å². The fraction of sp³-hybridized carbons (Fsp3) is 0.167. The molecule has 0 bridgehead atoms. The minimum Gasteiger partial charge on any atom is -0.481 e. The zero-order chi connectivity index (χ0) is 20.2. The summed E-state index contributed by atoms with van der Waals surface area (Å²) in [5.41, 5.74) is -1.03. The Morgan fingerprint density at radius 2 is 2.04 bits per heavy atom. The molecule has 1 N–H and O–H groups in total. The van der Waals surface area contributed by atoms with Crippen LogP contribution in [0.5, 0.6) is 5.75 Å². The van der Waals surface area contributed by atoms with Crippen LogP contribution in [0.4, 0.5) is 15.2 Å². The highest BCUT2D eigenvalue weighted by Gasteiger charge is 2.48. The minimum atomic E-state index is -1.68. The van der Waals surface area contributed by atoms with Crippen LogP contribution in [0.3, 0.4) is 0 Å². The molecular weight excluding hydrogens is 430 g/mol. The van der Waals surface area contributed by atoms with Crippen LogP contribution in [0.25, 0.3) is 10.2 Å². The number of carboxylic acids is 1. The first-order valence-electron chi connectivity index (χ1n) is 7.98. The van der Waals surface area contributed by atoms with Gasteiger partial charge in [0.15, 0.2) is 10.7 Å². The molecule has 4 rings (SSSR count). The van der Waals surface area contributed by atoms with Crippen molar-refractivity contribution in [2.75, 3.05) is 4.90 Å². The molecule has 10 heteroatoms. The molecule has 1 atom stereocenters. The lowest BCUT2D eigenvalue weighted by atomic mass is 9.97. The van der Waals surface area contributed by atoms with Gasteiger partial charge in [0.2, 0.25) is 0 Å². The van der Waals surface area contributed by atoms with E-state index < -0.39 is 29.7 Å². The van der Waals surface area contributed by atoms with E-state index in [0.717, 1.165) is 17.4 Å². The Morgan fingerprint density at radius 1 is 1.32 bits per heavy atom. The van der Waals surface area contributed by atoms with E-state index >= 15 is 0 Å². The maximum absolute atomic E-state index is 13.9. The van der Waals surface area contributed by atoms with E-state index in [4.69, 9.17) is 27.9 Å². The number of thiazole rings is 1. The van der Waals surface area contributed by atoms with Crippen LogP contribution >= 0.6 is 34.5 Å². The monoisotopic (exact) mass is 440 g/mol. The van der Waals surface area contributed by atoms with Gasteiger partial charge in [0.05, 0.1) is 32.4 Å². The second-order valence-corrected chi connectivity index (χ2v) is 8.21. The van der Waals surface area contributed by atoms with E-state index in [9.17, 15) is 19.1 Å². The molecule has 0 radical (unpaired) electrons. The van der Waals surface area contributed by atoms with Gasteiger partial charge >= 0.3 is 5.97 Å². The molecule has 1 aromatic heterocycles. The molecule has 1 aliphatic heterocycles. The smallest absolute Gasteiger partial charge is 0.307 e. The average molecular weight is 441 g/mol. The molecule has 0 saturated heterocycles. The largest absolute Gasteiger partial charge is 0.481 e. The first-order chi connectivity index (χ1) is 13.2. The van der Waals surface area contributed by atoms with Gasteiger partial charge in [-0.15, -0.1) is 0 Å². The lowest BCUT2D eigenvalue weighted by Gasteiger charge is -2.38. The number of rotatable bonds is 3. The summed E-state index contributed by atoms with van der Waals surface area (Å²) in [6.07, 6.45) is -0.568. The number of nitrogens with zero attached hydrogens (tertiary/aromatic N) is 2. The van der Waals surface area contributed by atoms with Gasteiger partial charge in [-0.1, -0.05) is 34.5 Å². The van der Waals surface area contributed by atoms with Crippen LogP contribution in [0, 0.1) is 5.82 Å². The standard InChI is InChI=1S/C18H11Cl2FN2O4S/c1-18(7-15(24)25)16(26)23(12-4-8(21)2-3-13(12)27-18)17-22-11-5-9(19)10(20)6-14(11)28-17/h2-6H,7H2,1H3,(H,24,25). The van der Waals surface area contributed by atoms with Crippen molar-refractivity contribution in [2.24, 2.45) is 0 Å². The van der Waals surface area contributed by atoms with E-state index in [1.54, 1.807) is 12.1 Å². The van der Waals surface area contributed by atoms with Crippen molar-refractivity contribution in [1.82, 2.24) is 4.98 Å². The van der Waals surface area contributed by atoms with Crippen LogP contribution in [0.2, 0.25) is 10.0 Å². The lowest BCUT2D eigenvalue weighted by Crippen LogP contribution is -2.53. The van der Waals surface area contributed by atoms with Gasteiger partial charge in [-0.3, -0.25) is 9.59 Å². The van der Waals surface area contributed by atoms with Gasteiger partial charge in [0.1, 0.15) is 11.6 Å². The van der Waals surface area contributed by atoms with Crippen molar-refractivity contribution in [3.63, 3.8) is 0 Å². The number of carbonyl (C=O) groups is 2. The van der Waals surface area contributed by atoms with Crippen molar-refractivity contribution >= 4 is 67.5 Å². The van der Waals surface area contributed by atoms with Crippen molar-refractivity contribution < 1.29 is 23.8 Å². The second kappa shape index (κ2) is 6.58. The molecule has 0 fully saturated rings. The molecule has 2 heterocycles. The number of hydrogen-bond acceptors (Lipinski definition) is 5. The van der Waals surface area contributed by atoms with Gasteiger partial charge in [-0.2, -0.15) is 0 Å². The average Bonchev–Trinajstić information content (AvgIpc) is 2.98. The summed E-state index contributed by atoms with van der Waals surface area (Å²) in [5.74, 6) is -2.26. The highest BCUT2D eigenvalue weighted by atomic mass is 35.5. The number of anilines is 2. The number of carbonyl (C=O) groups excluding carboxylic acids is 1. The number of hydrogen-bond donors (Lipinski definition) is 1. The van der Waals surface area contributed by atoms with E-state index in [0.29, 0.717) is 20.3 Å². The van der Waals surface area contributed by atoms with Gasteiger partial charge in [0.25, 0.3) is 5.91 Å². The Bertz CT molecular complexity index is 1110. The molecule has 28 heavy (non-hydrogen) atoms. The first kappa shape index (κ1) is 18.9. The fourth-order valence-corrected chi connectivity index (χ4v) is 4.37. The Hall–Kier alpha value is -2.42. The van der Waals surface area contributed by atoms with Crippen LogP contribution in [-0.4, -0.2) is 27.6 Å². The summed E-state index contributed by atoms with van der Waals surface area (Å²) in [6, 6.07) is 6.85. The number of aromatic nitrogens is 1. The highest BCUT2D eigenvalue weighted by Crippen LogP contribution is 2.45. The van der Waals surface area contributed by atoms with Crippen LogP contribution in [0.1, 0.15) is 13.3 Å². The molecule has 0 aliphatic carbocycles. The van der Waals surface area contributed by atoms with Crippen molar-refractivity contribution in [1.29, 1.82) is 0 Å². The second-order valence-electron chi connectivity index (χ2n) is 6.39. The third kappa shape index (κ3) is 3.07. The quantitative estimate of drug-likeness (QED) is 0.617. The minimum absolute atomic E-state index is 0.143. The Labute approximate surface area is 172 Å². The highest BCUT2D eigenvalue weighted by molar-refractivity contribution is 7.22. The molecule has 1 unspecified atom stereocenters. The number of ether oxygens (including phenoxy) is 1. The predicted molar refractivity (Wildman–Crippen MR) is 104 cm³/mol. The Balaban J connectivity index is 1.92. The molecule has 1 aliphatic rings. The molecule has 0 saturated carbocycles. The van der Waals surface area contributed by atoms with Crippen LogP contribution in [0.15, 0.2) is 30.3 Å². The summed E-state index contributed by atoms with van der Waals surface area (Å²) < 4.78 is 20.2. The van der Waals surface area contributed by atoms with E-state index in [1.165, 1.54) is 24.0 Å². The third-order valence-corrected chi connectivity index (χ3v) is 5.98. The fourth-order valence-electron chi connectivity index (χ4n) is 2.98. The number of carboxylic acid groups (broad SMARTS) is 1. The lowest BCUT2D eigenvalue weighted by molar-refractivity contribution is -0.148. The molecule has 3 aromatic rings. The van der Waals surface area contributed by atoms with Crippen molar-refractivity contribution in [2.45, 2.75) is 18.9 Å². The van der Waals surface area contributed by atoms with Crippen molar-refractivity contribution in [3.05, 3.63) is 46.2 Å². The van der Waals surface area contributed by atoms with Crippen LogP contribution < -0.4 is 9.64 Å². The maximum Gasteiger partial charge on any atom is 0.307 e. The number of amides is 1. The van der Waals surface area contributed by atoms with E-state index in [-0.39, 0.29) is 16.6 Å². The molecule has 1 amide bonds. The van der Waals surface area contributed by atoms with Gasteiger partial charge in [0, 0.05) is 6.07 Å². The first-order valence-corrected chi connectivity index (χ1v) is 9.56. The van der Waals surface area contributed by atoms with E-state index in [2.05, 4.69) is 4.98 Å². The predicted octanol–water partition coefficient (Wildman–Crippen LogP) is 5.03. The molecular formula is C18H11Cl2FN2O4S. The molecule has 144 valence electrons. The zero-order valence-corrected chi connectivity index (χ0v) is 16.5. The Kier molecular flexibility index (Phi) is 4.45. The Morgan fingerprint density at radius 3 is 2.75 bits per heavy atom. The van der Waals surface area contributed by atoms with Crippen molar-refractivity contribution in [3.8, 4) is 5.75 Å². The summed E-state index contributed by atoms with van der Waals surface area (Å²) in [4.78, 5) is 30.1.